The number of esters is 1. The van der Waals surface area contributed by atoms with Crippen molar-refractivity contribution in [2.24, 2.45) is 0 Å². The number of halogens is 1. The van der Waals surface area contributed by atoms with Crippen LogP contribution in [0, 0.1) is 0 Å². The molecule has 0 N–H and O–H groups in total. The quantitative estimate of drug-likeness (QED) is 0.413. The number of rotatable bonds is 8. The highest BCUT2D eigenvalue weighted by molar-refractivity contribution is 9.10. The standard InChI is InChI=1S/C18H17BrN4O3/c19-14-6-4-9-16(12-14)25-11-5-10-18(24)26-13-17-20-21-22-23(17)15-7-2-1-3-8-15/h1-4,6-9,12H,5,10-11,13H2. The molecule has 1 heterocycles. The summed E-state index contributed by atoms with van der Waals surface area (Å²) in [5.74, 6) is 0.912. The van der Waals surface area contributed by atoms with E-state index in [4.69, 9.17) is 9.47 Å². The van der Waals surface area contributed by atoms with E-state index in [1.54, 1.807) is 4.68 Å². The fourth-order valence-electron chi connectivity index (χ4n) is 2.25. The van der Waals surface area contributed by atoms with Crippen molar-refractivity contribution < 1.29 is 14.3 Å². The molecule has 0 aliphatic rings. The van der Waals surface area contributed by atoms with Crippen LogP contribution in [-0.4, -0.2) is 32.8 Å². The molecule has 0 saturated heterocycles. The molecule has 2 aromatic carbocycles. The second-order valence-electron chi connectivity index (χ2n) is 5.41. The Morgan fingerprint density at radius 3 is 2.77 bits per heavy atom. The van der Waals surface area contributed by atoms with Gasteiger partial charge in [-0.15, -0.1) is 5.10 Å². The summed E-state index contributed by atoms with van der Waals surface area (Å²) in [5, 5.41) is 11.5. The van der Waals surface area contributed by atoms with E-state index in [1.807, 2.05) is 54.6 Å². The number of ether oxygens (including phenoxy) is 2. The largest absolute Gasteiger partial charge is 0.494 e. The van der Waals surface area contributed by atoms with Gasteiger partial charge >= 0.3 is 5.97 Å². The lowest BCUT2D eigenvalue weighted by Crippen LogP contribution is -2.10. The van der Waals surface area contributed by atoms with Gasteiger partial charge in [0.2, 0.25) is 0 Å². The lowest BCUT2D eigenvalue weighted by molar-refractivity contribution is -0.145. The van der Waals surface area contributed by atoms with E-state index in [0.29, 0.717) is 18.9 Å². The monoisotopic (exact) mass is 416 g/mol. The van der Waals surface area contributed by atoms with Gasteiger partial charge in [0, 0.05) is 10.9 Å². The minimum absolute atomic E-state index is 0.0210. The van der Waals surface area contributed by atoms with Gasteiger partial charge < -0.3 is 9.47 Å². The van der Waals surface area contributed by atoms with E-state index < -0.39 is 0 Å². The molecule has 0 saturated carbocycles. The molecule has 26 heavy (non-hydrogen) atoms. The summed E-state index contributed by atoms with van der Waals surface area (Å²) >= 11 is 3.38. The van der Waals surface area contributed by atoms with E-state index in [1.165, 1.54) is 0 Å². The molecule has 0 aliphatic heterocycles. The minimum Gasteiger partial charge on any atom is -0.494 e. The van der Waals surface area contributed by atoms with Gasteiger partial charge in [-0.2, -0.15) is 4.68 Å². The Morgan fingerprint density at radius 1 is 1.12 bits per heavy atom. The zero-order valence-corrected chi connectivity index (χ0v) is 15.5. The van der Waals surface area contributed by atoms with Crippen LogP contribution in [0.2, 0.25) is 0 Å². The Balaban J connectivity index is 1.42. The molecule has 3 aromatic rings. The van der Waals surface area contributed by atoms with Gasteiger partial charge in [0.25, 0.3) is 0 Å². The van der Waals surface area contributed by atoms with Gasteiger partial charge in [-0.25, -0.2) is 0 Å². The van der Waals surface area contributed by atoms with E-state index in [2.05, 4.69) is 31.5 Å². The first-order chi connectivity index (χ1) is 12.7. The van der Waals surface area contributed by atoms with E-state index in [9.17, 15) is 4.79 Å². The van der Waals surface area contributed by atoms with Crippen molar-refractivity contribution >= 4 is 21.9 Å². The van der Waals surface area contributed by atoms with Crippen molar-refractivity contribution in [2.45, 2.75) is 19.4 Å². The molecule has 7 nitrogen and oxygen atoms in total. The SMILES string of the molecule is O=C(CCCOc1cccc(Br)c1)OCc1nnnn1-c1ccccc1. The molecular weight excluding hydrogens is 400 g/mol. The summed E-state index contributed by atoms with van der Waals surface area (Å²) in [6.07, 6.45) is 0.829. The van der Waals surface area contributed by atoms with Crippen LogP contribution in [0.4, 0.5) is 0 Å². The van der Waals surface area contributed by atoms with Gasteiger partial charge in [-0.05, 0) is 47.2 Å². The maximum Gasteiger partial charge on any atom is 0.306 e. The number of nitrogens with zero attached hydrogens (tertiary/aromatic N) is 4. The molecular formula is C18H17BrN4O3. The van der Waals surface area contributed by atoms with Crippen molar-refractivity contribution in [1.82, 2.24) is 20.2 Å². The predicted molar refractivity (Wildman–Crippen MR) is 97.8 cm³/mol. The van der Waals surface area contributed by atoms with Crippen molar-refractivity contribution in [1.29, 1.82) is 0 Å². The highest BCUT2D eigenvalue weighted by Crippen LogP contribution is 2.18. The van der Waals surface area contributed by atoms with Crippen LogP contribution in [0.15, 0.2) is 59.1 Å². The van der Waals surface area contributed by atoms with Crippen molar-refractivity contribution in [3.05, 3.63) is 64.9 Å². The smallest absolute Gasteiger partial charge is 0.306 e. The van der Waals surface area contributed by atoms with Gasteiger partial charge in [0.15, 0.2) is 12.4 Å². The topological polar surface area (TPSA) is 79.1 Å². The van der Waals surface area contributed by atoms with Gasteiger partial charge in [-0.3, -0.25) is 4.79 Å². The average Bonchev–Trinajstić information content (AvgIpc) is 3.13. The normalized spacial score (nSPS) is 10.5. The number of aromatic nitrogens is 4. The molecule has 134 valence electrons. The average molecular weight is 417 g/mol. The van der Waals surface area contributed by atoms with Crippen LogP contribution >= 0.6 is 15.9 Å². The minimum atomic E-state index is -0.314. The summed E-state index contributed by atoms with van der Waals surface area (Å²) in [6.45, 7) is 0.459. The lowest BCUT2D eigenvalue weighted by atomic mass is 10.3. The second kappa shape index (κ2) is 9.10. The van der Waals surface area contributed by atoms with Gasteiger partial charge in [0.05, 0.1) is 12.3 Å². The molecule has 3 rings (SSSR count). The molecule has 8 heteroatoms. The zero-order chi connectivity index (χ0) is 18.2. The molecule has 0 amide bonds. The number of hydrogen-bond acceptors (Lipinski definition) is 6. The van der Waals surface area contributed by atoms with Crippen LogP contribution < -0.4 is 4.74 Å². The second-order valence-corrected chi connectivity index (χ2v) is 6.33. The fraction of sp³-hybridized carbons (Fsp3) is 0.222. The van der Waals surface area contributed by atoms with Crippen molar-refractivity contribution in [3.8, 4) is 11.4 Å². The third-order valence-corrected chi connectivity index (χ3v) is 3.98. The highest BCUT2D eigenvalue weighted by Gasteiger charge is 2.11. The molecule has 0 bridgehead atoms. The first-order valence-electron chi connectivity index (χ1n) is 8.09. The summed E-state index contributed by atoms with van der Waals surface area (Å²) in [7, 11) is 0. The molecule has 0 spiro atoms. The summed E-state index contributed by atoms with van der Waals surface area (Å²) < 4.78 is 13.3. The predicted octanol–water partition coefficient (Wildman–Crippen LogP) is 3.33. The molecule has 0 radical (unpaired) electrons. The maximum absolute atomic E-state index is 11.9. The molecule has 0 atom stereocenters. The van der Waals surface area contributed by atoms with Gasteiger partial charge in [-0.1, -0.05) is 40.2 Å². The Labute approximate surface area is 159 Å². The summed E-state index contributed by atoms with van der Waals surface area (Å²) in [4.78, 5) is 11.9. The number of tetrazole rings is 1. The maximum atomic E-state index is 11.9. The van der Waals surface area contributed by atoms with Gasteiger partial charge in [0.1, 0.15) is 5.75 Å². The summed E-state index contributed by atoms with van der Waals surface area (Å²) in [6, 6.07) is 17.0. The van der Waals surface area contributed by atoms with Crippen LogP contribution in [-0.2, 0) is 16.1 Å². The number of carbonyl (C=O) groups excluding carboxylic acids is 1. The molecule has 0 aliphatic carbocycles. The van der Waals surface area contributed by atoms with Crippen molar-refractivity contribution in [2.75, 3.05) is 6.61 Å². The Kier molecular flexibility index (Phi) is 6.32. The lowest BCUT2D eigenvalue weighted by Gasteiger charge is -2.07. The molecule has 0 unspecified atom stereocenters. The van der Waals surface area contributed by atoms with Crippen molar-refractivity contribution in [3.63, 3.8) is 0 Å². The fourth-order valence-corrected chi connectivity index (χ4v) is 2.62. The Morgan fingerprint density at radius 2 is 1.96 bits per heavy atom. The Hall–Kier alpha value is -2.74. The third-order valence-electron chi connectivity index (χ3n) is 3.49. The van der Waals surface area contributed by atoms with E-state index in [0.717, 1.165) is 15.9 Å². The number of carbonyl (C=O) groups is 1. The van der Waals surface area contributed by atoms with Crippen LogP contribution in [0.25, 0.3) is 5.69 Å². The number of benzene rings is 2. The highest BCUT2D eigenvalue weighted by atomic mass is 79.9. The molecule has 1 aromatic heterocycles. The summed E-state index contributed by atoms with van der Waals surface area (Å²) in [5.41, 5.74) is 0.811. The zero-order valence-electron chi connectivity index (χ0n) is 13.9. The number of para-hydroxylation sites is 1. The van der Waals surface area contributed by atoms with Crippen LogP contribution in [0.3, 0.4) is 0 Å². The van der Waals surface area contributed by atoms with Crippen LogP contribution in [0.5, 0.6) is 5.75 Å². The van der Waals surface area contributed by atoms with E-state index in [-0.39, 0.29) is 19.0 Å². The first kappa shape index (κ1) is 18.1. The van der Waals surface area contributed by atoms with E-state index >= 15 is 0 Å². The van der Waals surface area contributed by atoms with Crippen LogP contribution in [0.1, 0.15) is 18.7 Å². The molecule has 0 fully saturated rings. The third kappa shape index (κ3) is 5.13. The Bertz CT molecular complexity index is 854. The number of hydrogen-bond donors (Lipinski definition) is 0. The first-order valence-corrected chi connectivity index (χ1v) is 8.88.